The molecule has 1 atom stereocenters. The highest BCUT2D eigenvalue weighted by atomic mass is 16.5. The van der Waals surface area contributed by atoms with E-state index < -0.39 is 0 Å². The molecule has 2 aromatic rings. The summed E-state index contributed by atoms with van der Waals surface area (Å²) in [6, 6.07) is 4.26. The summed E-state index contributed by atoms with van der Waals surface area (Å²) in [7, 11) is 0. The molecule has 0 aliphatic heterocycles. The number of nitrogens with one attached hydrogen (secondary N) is 1. The molecule has 0 spiro atoms. The number of anilines is 1. The van der Waals surface area contributed by atoms with Crippen LogP contribution in [-0.2, 0) is 4.74 Å². The number of fused-ring (bicyclic) bond motifs is 1. The molecule has 104 valence electrons. The maximum atomic E-state index is 5.50. The van der Waals surface area contributed by atoms with Crippen LogP contribution >= 0.6 is 0 Å². The zero-order chi connectivity index (χ0) is 13.8. The van der Waals surface area contributed by atoms with Crippen molar-refractivity contribution in [2.75, 3.05) is 18.5 Å². The molecule has 1 unspecified atom stereocenters. The second-order valence-corrected chi connectivity index (χ2v) is 5.10. The normalized spacial score (nSPS) is 13.1. The predicted octanol–water partition coefficient (Wildman–Crippen LogP) is 2.51. The van der Waals surface area contributed by atoms with Gasteiger partial charge in [-0.1, -0.05) is 13.8 Å². The molecule has 0 radical (unpaired) electrons. The van der Waals surface area contributed by atoms with Crippen LogP contribution in [0.2, 0.25) is 0 Å². The highest BCUT2D eigenvalue weighted by molar-refractivity contribution is 5.45. The van der Waals surface area contributed by atoms with E-state index in [4.69, 9.17) is 4.74 Å². The fourth-order valence-corrected chi connectivity index (χ4v) is 1.86. The van der Waals surface area contributed by atoms with Gasteiger partial charge < -0.3 is 10.1 Å². The Morgan fingerprint density at radius 1 is 1.42 bits per heavy atom. The van der Waals surface area contributed by atoms with E-state index in [1.54, 1.807) is 4.52 Å². The fraction of sp³-hybridized carbons (Fsp3) is 0.571. The summed E-state index contributed by atoms with van der Waals surface area (Å²) < 4.78 is 7.28. The number of hydrogen-bond acceptors (Lipinski definition) is 4. The zero-order valence-electron chi connectivity index (χ0n) is 12.1. The maximum absolute atomic E-state index is 5.50. The molecule has 0 bridgehead atoms. The van der Waals surface area contributed by atoms with Gasteiger partial charge in [0.2, 0.25) is 5.95 Å². The first kappa shape index (κ1) is 13.8. The number of aryl methyl sites for hydroxylation is 1. The maximum Gasteiger partial charge on any atom is 0.243 e. The lowest BCUT2D eigenvalue weighted by molar-refractivity contribution is 0.126. The van der Waals surface area contributed by atoms with Crippen molar-refractivity contribution in [1.29, 1.82) is 0 Å². The molecule has 5 heteroatoms. The lowest BCUT2D eigenvalue weighted by Crippen LogP contribution is -2.31. The molecule has 2 aromatic heterocycles. The van der Waals surface area contributed by atoms with Gasteiger partial charge in [0, 0.05) is 12.8 Å². The van der Waals surface area contributed by atoms with Gasteiger partial charge >= 0.3 is 0 Å². The lowest BCUT2D eigenvalue weighted by atomic mass is 10.1. The third-order valence-electron chi connectivity index (χ3n) is 3.11. The van der Waals surface area contributed by atoms with Crippen molar-refractivity contribution in [3.63, 3.8) is 0 Å². The summed E-state index contributed by atoms with van der Waals surface area (Å²) in [4.78, 5) is 4.49. The smallest absolute Gasteiger partial charge is 0.243 e. The quantitative estimate of drug-likeness (QED) is 0.869. The zero-order valence-corrected chi connectivity index (χ0v) is 12.1. The highest BCUT2D eigenvalue weighted by Gasteiger charge is 2.15. The van der Waals surface area contributed by atoms with E-state index in [1.165, 1.54) is 5.56 Å². The van der Waals surface area contributed by atoms with Crippen LogP contribution in [0.25, 0.3) is 5.65 Å². The van der Waals surface area contributed by atoms with Crippen LogP contribution in [0.5, 0.6) is 0 Å². The Labute approximate surface area is 114 Å². The lowest BCUT2D eigenvalue weighted by Gasteiger charge is -2.20. The first-order valence-electron chi connectivity index (χ1n) is 6.77. The summed E-state index contributed by atoms with van der Waals surface area (Å²) in [5.41, 5.74) is 2.04. The molecule has 0 aromatic carbocycles. The van der Waals surface area contributed by atoms with Gasteiger partial charge in [-0.15, -0.1) is 5.10 Å². The topological polar surface area (TPSA) is 51.5 Å². The second kappa shape index (κ2) is 6.02. The van der Waals surface area contributed by atoms with Crippen LogP contribution < -0.4 is 5.32 Å². The Hall–Kier alpha value is -1.62. The fourth-order valence-electron chi connectivity index (χ4n) is 1.86. The molecule has 0 aliphatic rings. The molecule has 0 saturated carbocycles. The average Bonchev–Trinajstić information content (AvgIpc) is 2.75. The largest absolute Gasteiger partial charge is 0.380 e. The van der Waals surface area contributed by atoms with Crippen LogP contribution in [0.15, 0.2) is 18.3 Å². The first-order valence-corrected chi connectivity index (χ1v) is 6.77. The molecular weight excluding hydrogens is 240 g/mol. The summed E-state index contributed by atoms with van der Waals surface area (Å²) in [5.74, 6) is 1.11. The number of nitrogens with zero attached hydrogens (tertiary/aromatic N) is 3. The second-order valence-electron chi connectivity index (χ2n) is 5.10. The first-order chi connectivity index (χ1) is 9.10. The van der Waals surface area contributed by atoms with Crippen LogP contribution in [0.3, 0.4) is 0 Å². The van der Waals surface area contributed by atoms with E-state index in [0.29, 0.717) is 18.5 Å². The Kier molecular flexibility index (Phi) is 4.37. The molecule has 0 saturated heterocycles. The van der Waals surface area contributed by atoms with Gasteiger partial charge in [-0.25, -0.2) is 4.52 Å². The SMILES string of the molecule is CCOCC(Nc1nc2cc(C)ccn2n1)C(C)C. The summed E-state index contributed by atoms with van der Waals surface area (Å²) in [5, 5.41) is 7.78. The highest BCUT2D eigenvalue weighted by Crippen LogP contribution is 2.12. The molecular formula is C14H22N4O. The Bertz CT molecular complexity index is 535. The van der Waals surface area contributed by atoms with Crippen molar-refractivity contribution < 1.29 is 4.74 Å². The summed E-state index contributed by atoms with van der Waals surface area (Å²) in [6.07, 6.45) is 1.93. The van der Waals surface area contributed by atoms with Gasteiger partial charge in [0.15, 0.2) is 5.65 Å². The molecule has 0 amide bonds. The molecule has 5 nitrogen and oxygen atoms in total. The van der Waals surface area contributed by atoms with Crippen LogP contribution in [0, 0.1) is 12.8 Å². The van der Waals surface area contributed by atoms with Gasteiger partial charge in [-0.05, 0) is 37.5 Å². The monoisotopic (exact) mass is 262 g/mol. The van der Waals surface area contributed by atoms with E-state index in [1.807, 2.05) is 32.2 Å². The summed E-state index contributed by atoms with van der Waals surface area (Å²) >= 11 is 0. The molecule has 0 fully saturated rings. The van der Waals surface area contributed by atoms with Gasteiger partial charge in [0.25, 0.3) is 0 Å². The standard InChI is InChI=1S/C14H22N4O/c1-5-19-9-12(10(2)3)15-14-16-13-8-11(4)6-7-18(13)17-14/h6-8,10,12H,5,9H2,1-4H3,(H,15,17). The van der Waals surface area contributed by atoms with Crippen molar-refractivity contribution in [3.05, 3.63) is 23.9 Å². The molecule has 2 heterocycles. The molecule has 2 rings (SSSR count). The molecule has 0 aliphatic carbocycles. The minimum Gasteiger partial charge on any atom is -0.380 e. The van der Waals surface area contributed by atoms with Crippen LogP contribution in [0.4, 0.5) is 5.95 Å². The molecule has 1 N–H and O–H groups in total. The average molecular weight is 262 g/mol. The number of rotatable bonds is 6. The van der Waals surface area contributed by atoms with E-state index in [2.05, 4.69) is 29.2 Å². The van der Waals surface area contributed by atoms with Crippen molar-refractivity contribution in [2.45, 2.75) is 33.7 Å². The van der Waals surface area contributed by atoms with Crippen LogP contribution in [-0.4, -0.2) is 33.9 Å². The van der Waals surface area contributed by atoms with Gasteiger partial charge in [0.1, 0.15) is 0 Å². The Morgan fingerprint density at radius 2 is 2.21 bits per heavy atom. The number of hydrogen-bond donors (Lipinski definition) is 1. The third kappa shape index (κ3) is 3.44. The van der Waals surface area contributed by atoms with E-state index in [-0.39, 0.29) is 6.04 Å². The minimum absolute atomic E-state index is 0.221. The predicted molar refractivity (Wildman–Crippen MR) is 76.5 cm³/mol. The van der Waals surface area contributed by atoms with E-state index in [9.17, 15) is 0 Å². The third-order valence-corrected chi connectivity index (χ3v) is 3.11. The van der Waals surface area contributed by atoms with Gasteiger partial charge in [0.05, 0.1) is 12.6 Å². The number of aromatic nitrogens is 3. The Morgan fingerprint density at radius 3 is 2.89 bits per heavy atom. The summed E-state index contributed by atoms with van der Waals surface area (Å²) in [6.45, 7) is 9.77. The van der Waals surface area contributed by atoms with Crippen LogP contribution in [0.1, 0.15) is 26.3 Å². The van der Waals surface area contributed by atoms with Crippen molar-refractivity contribution >= 4 is 11.6 Å². The van der Waals surface area contributed by atoms with E-state index in [0.717, 1.165) is 12.3 Å². The van der Waals surface area contributed by atoms with Gasteiger partial charge in [-0.3, -0.25) is 0 Å². The van der Waals surface area contributed by atoms with Crippen molar-refractivity contribution in [3.8, 4) is 0 Å². The molecule has 19 heavy (non-hydrogen) atoms. The number of ether oxygens (including phenoxy) is 1. The van der Waals surface area contributed by atoms with Gasteiger partial charge in [-0.2, -0.15) is 4.98 Å². The van der Waals surface area contributed by atoms with Crippen molar-refractivity contribution in [1.82, 2.24) is 14.6 Å². The van der Waals surface area contributed by atoms with E-state index >= 15 is 0 Å². The minimum atomic E-state index is 0.221. The Balaban J connectivity index is 2.14. The number of pyridine rings is 1. The van der Waals surface area contributed by atoms with Crippen molar-refractivity contribution in [2.24, 2.45) is 5.92 Å².